The second-order valence-corrected chi connectivity index (χ2v) is 6.81. The first-order valence-electron chi connectivity index (χ1n) is 10.2. The maximum absolute atomic E-state index is 12.2. The number of nitrogens with one attached hydrogen (secondary N) is 1. The van der Waals surface area contributed by atoms with E-state index in [4.69, 9.17) is 18.9 Å². The highest BCUT2D eigenvalue weighted by atomic mass is 16.5. The van der Waals surface area contributed by atoms with E-state index in [1.807, 2.05) is 6.92 Å². The number of likely N-dealkylation sites (N-methyl/N-ethyl adjacent to an activating group) is 1. The van der Waals surface area contributed by atoms with Crippen LogP contribution in [0.25, 0.3) is 6.08 Å². The largest absolute Gasteiger partial charge is 0.497 e. The first kappa shape index (κ1) is 25.3. The Hall–Kier alpha value is -4.01. The average molecular weight is 456 g/mol. The van der Waals surface area contributed by atoms with Crippen molar-refractivity contribution in [2.45, 2.75) is 6.92 Å². The number of amides is 2. The lowest BCUT2D eigenvalue weighted by atomic mass is 10.2. The van der Waals surface area contributed by atoms with Crippen LogP contribution in [0.2, 0.25) is 0 Å². The normalized spacial score (nSPS) is 10.4. The first-order valence-corrected chi connectivity index (χ1v) is 10.2. The Kier molecular flexibility index (Phi) is 9.76. The molecule has 33 heavy (non-hydrogen) atoms. The topological polar surface area (TPSA) is 103 Å². The highest BCUT2D eigenvalue weighted by molar-refractivity contribution is 5.95. The SMILES string of the molecule is CCOc1ccc(/C=C/C(=O)OCC(=O)N(C)CC(=O)Nc2cccc(OC)c2)cc1OC. The number of carbonyl (C=O) groups is 3. The van der Waals surface area contributed by atoms with Crippen molar-refractivity contribution in [2.75, 3.05) is 46.3 Å². The third kappa shape index (κ3) is 8.21. The molecule has 2 amide bonds. The van der Waals surface area contributed by atoms with E-state index in [0.29, 0.717) is 35.1 Å². The number of methoxy groups -OCH3 is 2. The molecule has 176 valence electrons. The van der Waals surface area contributed by atoms with Gasteiger partial charge in [-0.1, -0.05) is 12.1 Å². The monoisotopic (exact) mass is 456 g/mol. The van der Waals surface area contributed by atoms with Crippen molar-refractivity contribution in [3.05, 3.63) is 54.1 Å². The van der Waals surface area contributed by atoms with E-state index in [9.17, 15) is 14.4 Å². The lowest BCUT2D eigenvalue weighted by Gasteiger charge is -2.16. The number of anilines is 1. The van der Waals surface area contributed by atoms with Crippen LogP contribution in [0.1, 0.15) is 12.5 Å². The minimum Gasteiger partial charge on any atom is -0.497 e. The first-order chi connectivity index (χ1) is 15.9. The summed E-state index contributed by atoms with van der Waals surface area (Å²) < 4.78 is 20.8. The summed E-state index contributed by atoms with van der Waals surface area (Å²) in [7, 11) is 4.50. The summed E-state index contributed by atoms with van der Waals surface area (Å²) in [5, 5.41) is 2.68. The Morgan fingerprint density at radius 3 is 2.52 bits per heavy atom. The van der Waals surface area contributed by atoms with Gasteiger partial charge in [0, 0.05) is 24.9 Å². The van der Waals surface area contributed by atoms with Crippen molar-refractivity contribution in [3.8, 4) is 17.2 Å². The molecular weight excluding hydrogens is 428 g/mol. The van der Waals surface area contributed by atoms with E-state index in [-0.39, 0.29) is 6.54 Å². The molecule has 0 atom stereocenters. The summed E-state index contributed by atoms with van der Waals surface area (Å²) >= 11 is 0. The molecular formula is C24H28N2O7. The molecule has 9 heteroatoms. The number of hydrogen-bond acceptors (Lipinski definition) is 7. The standard InChI is InChI=1S/C24H28N2O7/c1-5-32-20-11-9-17(13-21(20)31-4)10-12-24(29)33-16-23(28)26(2)15-22(27)25-18-7-6-8-19(14-18)30-3/h6-14H,5,15-16H2,1-4H3,(H,25,27)/b12-10+. The fraction of sp³-hybridized carbons (Fsp3) is 0.292. The second kappa shape index (κ2) is 12.7. The van der Waals surface area contributed by atoms with Crippen molar-refractivity contribution in [1.82, 2.24) is 4.90 Å². The van der Waals surface area contributed by atoms with E-state index in [1.165, 1.54) is 38.3 Å². The molecule has 0 saturated heterocycles. The summed E-state index contributed by atoms with van der Waals surface area (Å²) in [5.74, 6) is 0.140. The van der Waals surface area contributed by atoms with E-state index in [1.54, 1.807) is 42.5 Å². The maximum atomic E-state index is 12.2. The van der Waals surface area contributed by atoms with Gasteiger partial charge in [-0.05, 0) is 42.8 Å². The summed E-state index contributed by atoms with van der Waals surface area (Å²) in [4.78, 5) is 37.5. The Labute approximate surface area is 192 Å². The number of esters is 1. The van der Waals surface area contributed by atoms with Gasteiger partial charge in [0.2, 0.25) is 5.91 Å². The summed E-state index contributed by atoms with van der Waals surface area (Å²) in [5.41, 5.74) is 1.24. The van der Waals surface area contributed by atoms with Crippen LogP contribution < -0.4 is 19.5 Å². The van der Waals surface area contributed by atoms with Crippen molar-refractivity contribution in [1.29, 1.82) is 0 Å². The predicted octanol–water partition coefficient (Wildman–Crippen LogP) is 2.76. The smallest absolute Gasteiger partial charge is 0.331 e. The van der Waals surface area contributed by atoms with E-state index < -0.39 is 24.4 Å². The van der Waals surface area contributed by atoms with Gasteiger partial charge in [-0.2, -0.15) is 0 Å². The molecule has 0 aliphatic heterocycles. The van der Waals surface area contributed by atoms with Crippen LogP contribution in [-0.4, -0.2) is 63.7 Å². The van der Waals surface area contributed by atoms with Crippen LogP contribution in [0.15, 0.2) is 48.5 Å². The van der Waals surface area contributed by atoms with Crippen LogP contribution in [-0.2, 0) is 19.1 Å². The molecule has 2 aromatic rings. The molecule has 2 rings (SSSR count). The summed E-state index contributed by atoms with van der Waals surface area (Å²) in [6, 6.07) is 12.1. The molecule has 0 fully saturated rings. The molecule has 9 nitrogen and oxygen atoms in total. The molecule has 0 aliphatic carbocycles. The highest BCUT2D eigenvalue weighted by Crippen LogP contribution is 2.28. The maximum Gasteiger partial charge on any atom is 0.331 e. The fourth-order valence-corrected chi connectivity index (χ4v) is 2.72. The molecule has 0 unspecified atom stereocenters. The fourth-order valence-electron chi connectivity index (χ4n) is 2.72. The number of benzene rings is 2. The summed E-state index contributed by atoms with van der Waals surface area (Å²) in [6.07, 6.45) is 2.74. The van der Waals surface area contributed by atoms with Crippen LogP contribution in [0.5, 0.6) is 17.2 Å². The van der Waals surface area contributed by atoms with Gasteiger partial charge in [-0.25, -0.2) is 4.79 Å². The van der Waals surface area contributed by atoms with Crippen LogP contribution >= 0.6 is 0 Å². The van der Waals surface area contributed by atoms with E-state index in [0.717, 1.165) is 0 Å². The molecule has 0 heterocycles. The zero-order chi connectivity index (χ0) is 24.2. The lowest BCUT2D eigenvalue weighted by molar-refractivity contribution is -0.148. The van der Waals surface area contributed by atoms with Gasteiger partial charge in [0.1, 0.15) is 5.75 Å². The Morgan fingerprint density at radius 2 is 1.82 bits per heavy atom. The number of ether oxygens (including phenoxy) is 4. The van der Waals surface area contributed by atoms with Crippen molar-refractivity contribution >= 4 is 29.5 Å². The number of nitrogens with zero attached hydrogens (tertiary/aromatic N) is 1. The molecule has 0 bridgehead atoms. The van der Waals surface area contributed by atoms with Crippen LogP contribution in [0.3, 0.4) is 0 Å². The number of carbonyl (C=O) groups excluding carboxylic acids is 3. The molecule has 0 aliphatic rings. The molecule has 1 N–H and O–H groups in total. The van der Waals surface area contributed by atoms with Gasteiger partial charge in [0.05, 0.1) is 27.4 Å². The highest BCUT2D eigenvalue weighted by Gasteiger charge is 2.15. The Bertz CT molecular complexity index is 1000. The van der Waals surface area contributed by atoms with Gasteiger partial charge < -0.3 is 29.2 Å². The van der Waals surface area contributed by atoms with Crippen LogP contribution in [0, 0.1) is 0 Å². The van der Waals surface area contributed by atoms with Gasteiger partial charge >= 0.3 is 5.97 Å². The van der Waals surface area contributed by atoms with Crippen molar-refractivity contribution < 1.29 is 33.3 Å². The third-order valence-corrected chi connectivity index (χ3v) is 4.40. The predicted molar refractivity (Wildman–Crippen MR) is 123 cm³/mol. The Morgan fingerprint density at radius 1 is 1.03 bits per heavy atom. The lowest BCUT2D eigenvalue weighted by Crippen LogP contribution is -2.37. The summed E-state index contributed by atoms with van der Waals surface area (Å²) in [6.45, 7) is 1.69. The van der Waals surface area contributed by atoms with Crippen molar-refractivity contribution in [2.24, 2.45) is 0 Å². The average Bonchev–Trinajstić information content (AvgIpc) is 2.81. The zero-order valence-corrected chi connectivity index (χ0v) is 19.1. The minimum absolute atomic E-state index is 0.199. The van der Waals surface area contributed by atoms with Gasteiger partial charge in [-0.3, -0.25) is 9.59 Å². The Balaban J connectivity index is 1.81. The molecule has 0 saturated carbocycles. The third-order valence-electron chi connectivity index (χ3n) is 4.40. The zero-order valence-electron chi connectivity index (χ0n) is 19.1. The second-order valence-electron chi connectivity index (χ2n) is 6.81. The number of rotatable bonds is 11. The van der Waals surface area contributed by atoms with Gasteiger partial charge in [-0.15, -0.1) is 0 Å². The molecule has 0 spiro atoms. The van der Waals surface area contributed by atoms with Crippen LogP contribution in [0.4, 0.5) is 5.69 Å². The van der Waals surface area contributed by atoms with E-state index >= 15 is 0 Å². The number of hydrogen-bond donors (Lipinski definition) is 1. The quantitative estimate of drug-likeness (QED) is 0.410. The molecule has 2 aromatic carbocycles. The van der Waals surface area contributed by atoms with Gasteiger partial charge in [0.25, 0.3) is 5.91 Å². The van der Waals surface area contributed by atoms with Gasteiger partial charge in [0.15, 0.2) is 18.1 Å². The van der Waals surface area contributed by atoms with Crippen molar-refractivity contribution in [3.63, 3.8) is 0 Å². The minimum atomic E-state index is -0.689. The molecule has 0 radical (unpaired) electrons. The molecule has 0 aromatic heterocycles. The van der Waals surface area contributed by atoms with E-state index in [2.05, 4.69) is 5.32 Å².